The summed E-state index contributed by atoms with van der Waals surface area (Å²) in [5, 5.41) is 0.767. The molecule has 1 nitrogen and oxygen atoms in total. The van der Waals surface area contributed by atoms with Crippen LogP contribution in [0.1, 0.15) is 37.7 Å². The lowest BCUT2D eigenvalue weighted by molar-refractivity contribution is 0.229. The normalized spacial score (nSPS) is 29.3. The summed E-state index contributed by atoms with van der Waals surface area (Å²) in [6, 6.07) is 28.2. The van der Waals surface area contributed by atoms with Gasteiger partial charge in [0.05, 0.1) is 0 Å². The standard InChI is InChI=1S/C27H26ClN/c28-23-8-12-26(13-9-23)29(24-4-2-1-3-5-24)25-10-6-22(7-11-25)27-16-19-14-20(17-27)21(15-19)18-27/h1-13,19-21H,14-18H2. The summed E-state index contributed by atoms with van der Waals surface area (Å²) in [7, 11) is 0. The van der Waals surface area contributed by atoms with E-state index in [1.54, 1.807) is 5.56 Å². The molecule has 146 valence electrons. The Kier molecular flexibility index (Phi) is 4.03. The van der Waals surface area contributed by atoms with Gasteiger partial charge in [-0.3, -0.25) is 0 Å². The molecule has 4 aliphatic rings. The van der Waals surface area contributed by atoms with Gasteiger partial charge in [-0.15, -0.1) is 0 Å². The maximum absolute atomic E-state index is 6.15. The summed E-state index contributed by atoms with van der Waals surface area (Å²) in [5.74, 6) is 2.99. The largest absolute Gasteiger partial charge is 0.311 e. The second kappa shape index (κ2) is 6.64. The second-order valence-corrected chi connectivity index (χ2v) is 9.88. The number of rotatable bonds is 4. The Morgan fingerprint density at radius 2 is 1.21 bits per heavy atom. The Hall–Kier alpha value is -2.25. The molecule has 0 amide bonds. The second-order valence-electron chi connectivity index (χ2n) is 9.44. The molecular formula is C27H26ClN. The summed E-state index contributed by atoms with van der Waals surface area (Å²) in [4.78, 5) is 2.31. The molecule has 29 heavy (non-hydrogen) atoms. The van der Waals surface area contributed by atoms with Crippen molar-refractivity contribution in [2.75, 3.05) is 4.90 Å². The summed E-state index contributed by atoms with van der Waals surface area (Å²) >= 11 is 6.15. The van der Waals surface area contributed by atoms with E-state index < -0.39 is 0 Å². The van der Waals surface area contributed by atoms with Gasteiger partial charge in [0.25, 0.3) is 0 Å². The molecule has 7 rings (SSSR count). The van der Waals surface area contributed by atoms with Gasteiger partial charge >= 0.3 is 0 Å². The molecule has 0 aliphatic heterocycles. The van der Waals surface area contributed by atoms with Crippen LogP contribution < -0.4 is 4.90 Å². The van der Waals surface area contributed by atoms with Crippen LogP contribution in [0.15, 0.2) is 78.9 Å². The molecule has 0 heterocycles. The third-order valence-electron chi connectivity index (χ3n) is 7.76. The molecule has 4 aliphatic carbocycles. The van der Waals surface area contributed by atoms with Gasteiger partial charge in [0.2, 0.25) is 0 Å². The first-order chi connectivity index (χ1) is 14.2. The highest BCUT2D eigenvalue weighted by Crippen LogP contribution is 2.64. The van der Waals surface area contributed by atoms with E-state index in [2.05, 4.69) is 71.6 Å². The Morgan fingerprint density at radius 1 is 0.655 bits per heavy atom. The predicted molar refractivity (Wildman–Crippen MR) is 121 cm³/mol. The van der Waals surface area contributed by atoms with Crippen molar-refractivity contribution in [1.82, 2.24) is 0 Å². The first-order valence-electron chi connectivity index (χ1n) is 10.9. The first-order valence-corrected chi connectivity index (χ1v) is 11.3. The van der Waals surface area contributed by atoms with Crippen LogP contribution >= 0.6 is 11.6 Å². The van der Waals surface area contributed by atoms with Crippen LogP contribution in [-0.4, -0.2) is 0 Å². The molecule has 0 radical (unpaired) electrons. The molecule has 0 N–H and O–H groups in total. The van der Waals surface area contributed by atoms with Gasteiger partial charge in [-0.2, -0.15) is 0 Å². The van der Waals surface area contributed by atoms with Crippen molar-refractivity contribution in [3.63, 3.8) is 0 Å². The molecule has 4 saturated carbocycles. The lowest BCUT2D eigenvalue weighted by atomic mass is 9.66. The van der Waals surface area contributed by atoms with Gasteiger partial charge in [0, 0.05) is 22.1 Å². The zero-order chi connectivity index (χ0) is 19.4. The molecule has 3 aromatic rings. The Balaban J connectivity index is 1.37. The SMILES string of the molecule is Clc1ccc(N(c2ccccc2)c2ccc(C34CC5CC(C3)C(C5)C4)cc2)cc1. The zero-order valence-electron chi connectivity index (χ0n) is 16.6. The van der Waals surface area contributed by atoms with Crippen molar-refractivity contribution >= 4 is 28.7 Å². The molecule has 2 heteroatoms. The van der Waals surface area contributed by atoms with Crippen molar-refractivity contribution in [3.8, 4) is 0 Å². The molecule has 3 aromatic carbocycles. The van der Waals surface area contributed by atoms with Crippen molar-refractivity contribution in [2.24, 2.45) is 17.8 Å². The van der Waals surface area contributed by atoms with Crippen LogP contribution in [0.25, 0.3) is 0 Å². The quantitative estimate of drug-likeness (QED) is 0.431. The lowest BCUT2D eigenvalue weighted by Gasteiger charge is -2.39. The molecule has 4 bridgehead atoms. The lowest BCUT2D eigenvalue weighted by Crippen LogP contribution is -2.31. The summed E-state index contributed by atoms with van der Waals surface area (Å²) in [6.45, 7) is 0. The van der Waals surface area contributed by atoms with Gasteiger partial charge in [-0.05, 0) is 109 Å². The highest BCUT2D eigenvalue weighted by atomic mass is 35.5. The number of hydrogen-bond acceptors (Lipinski definition) is 1. The molecule has 0 aromatic heterocycles. The van der Waals surface area contributed by atoms with Crippen LogP contribution in [0.4, 0.5) is 17.1 Å². The molecule has 0 saturated heterocycles. The van der Waals surface area contributed by atoms with Gasteiger partial charge < -0.3 is 4.90 Å². The fourth-order valence-electron chi connectivity index (χ4n) is 6.74. The average molecular weight is 400 g/mol. The van der Waals surface area contributed by atoms with E-state index in [1.165, 1.54) is 43.5 Å². The topological polar surface area (TPSA) is 3.24 Å². The number of benzene rings is 3. The third-order valence-corrected chi connectivity index (χ3v) is 8.01. The average Bonchev–Trinajstić information content (AvgIpc) is 3.18. The fraction of sp³-hybridized carbons (Fsp3) is 0.333. The summed E-state index contributed by atoms with van der Waals surface area (Å²) < 4.78 is 0. The maximum Gasteiger partial charge on any atom is 0.0462 e. The third kappa shape index (κ3) is 2.90. The molecule has 2 atom stereocenters. The van der Waals surface area contributed by atoms with Crippen LogP contribution in [0.5, 0.6) is 0 Å². The minimum atomic E-state index is 0.465. The van der Waals surface area contributed by atoms with E-state index >= 15 is 0 Å². The van der Waals surface area contributed by atoms with Gasteiger partial charge in [0.15, 0.2) is 0 Å². The number of para-hydroxylation sites is 1. The van der Waals surface area contributed by atoms with Crippen molar-refractivity contribution in [2.45, 2.75) is 37.5 Å². The van der Waals surface area contributed by atoms with Crippen LogP contribution in [-0.2, 0) is 5.41 Å². The van der Waals surface area contributed by atoms with Crippen molar-refractivity contribution < 1.29 is 0 Å². The Labute approximate surface area is 178 Å². The summed E-state index contributed by atoms with van der Waals surface area (Å²) in [5.41, 5.74) is 5.54. The van der Waals surface area contributed by atoms with E-state index in [9.17, 15) is 0 Å². The van der Waals surface area contributed by atoms with Gasteiger partial charge in [-0.1, -0.05) is 41.9 Å². The highest BCUT2D eigenvalue weighted by molar-refractivity contribution is 6.30. The maximum atomic E-state index is 6.15. The molecule has 4 fully saturated rings. The molecular weight excluding hydrogens is 374 g/mol. The minimum Gasteiger partial charge on any atom is -0.311 e. The van der Waals surface area contributed by atoms with Crippen molar-refractivity contribution in [1.29, 1.82) is 0 Å². The molecule has 2 unspecified atom stereocenters. The minimum absolute atomic E-state index is 0.465. The van der Waals surface area contributed by atoms with E-state index in [4.69, 9.17) is 11.6 Å². The predicted octanol–water partition coefficient (Wildman–Crippen LogP) is 7.89. The first kappa shape index (κ1) is 17.6. The fourth-order valence-corrected chi connectivity index (χ4v) is 6.87. The number of hydrogen-bond donors (Lipinski definition) is 0. The van der Waals surface area contributed by atoms with Crippen LogP contribution in [0.3, 0.4) is 0 Å². The smallest absolute Gasteiger partial charge is 0.0462 e. The van der Waals surface area contributed by atoms with Gasteiger partial charge in [-0.25, -0.2) is 0 Å². The number of halogens is 1. The number of nitrogens with zero attached hydrogens (tertiary/aromatic N) is 1. The highest BCUT2D eigenvalue weighted by Gasteiger charge is 2.56. The van der Waals surface area contributed by atoms with Crippen LogP contribution in [0, 0.1) is 17.8 Å². The monoisotopic (exact) mass is 399 g/mol. The van der Waals surface area contributed by atoms with E-state index in [1.807, 2.05) is 12.1 Å². The van der Waals surface area contributed by atoms with Gasteiger partial charge in [0.1, 0.15) is 0 Å². The van der Waals surface area contributed by atoms with Crippen LogP contribution in [0.2, 0.25) is 5.02 Å². The number of anilines is 3. The van der Waals surface area contributed by atoms with E-state index in [0.717, 1.165) is 28.5 Å². The van der Waals surface area contributed by atoms with E-state index in [0.29, 0.717) is 5.41 Å². The Morgan fingerprint density at radius 3 is 1.79 bits per heavy atom. The molecule has 0 spiro atoms. The van der Waals surface area contributed by atoms with E-state index in [-0.39, 0.29) is 0 Å². The zero-order valence-corrected chi connectivity index (χ0v) is 17.4. The Bertz CT molecular complexity index is 989. The van der Waals surface area contributed by atoms with Crippen molar-refractivity contribution in [3.05, 3.63) is 89.4 Å². The summed E-state index contributed by atoms with van der Waals surface area (Å²) in [6.07, 6.45) is 7.27.